The number of benzene rings is 2. The summed E-state index contributed by atoms with van der Waals surface area (Å²) in [6, 6.07) is 14.7. The lowest BCUT2D eigenvalue weighted by molar-refractivity contribution is -0.121. The zero-order valence-electron chi connectivity index (χ0n) is 11.5. The molecule has 0 radical (unpaired) electrons. The highest BCUT2D eigenvalue weighted by Crippen LogP contribution is 2.12. The highest BCUT2D eigenvalue weighted by Gasteiger charge is 2.07. The van der Waals surface area contributed by atoms with E-state index in [1.54, 1.807) is 6.07 Å². The van der Waals surface area contributed by atoms with Gasteiger partial charge in [0.05, 0.1) is 11.7 Å². The third-order valence-electron chi connectivity index (χ3n) is 3.01. The highest BCUT2D eigenvalue weighted by molar-refractivity contribution is 6.33. The molecule has 3 aromatic rings. The van der Waals surface area contributed by atoms with Gasteiger partial charge in [0.2, 0.25) is 0 Å². The van der Waals surface area contributed by atoms with Gasteiger partial charge in [-0.3, -0.25) is 4.79 Å². The van der Waals surface area contributed by atoms with Gasteiger partial charge >= 0.3 is 0 Å². The standard InChI is InChI=1S/C15H12ClN5O/c16-12-6-2-1-5-11(12)9-17-19-15(22)10-21-14-8-4-3-7-13(14)18-20-21/h1-9H,10H2,(H,19,22)/b17-9-. The predicted molar refractivity (Wildman–Crippen MR) is 84.7 cm³/mol. The first kappa shape index (κ1) is 14.2. The third kappa shape index (κ3) is 3.12. The Morgan fingerprint density at radius 1 is 1.23 bits per heavy atom. The van der Waals surface area contributed by atoms with Crippen LogP contribution >= 0.6 is 11.6 Å². The number of para-hydroxylation sites is 1. The van der Waals surface area contributed by atoms with Crippen LogP contribution < -0.4 is 5.43 Å². The van der Waals surface area contributed by atoms with Gasteiger partial charge < -0.3 is 0 Å². The second-order valence-corrected chi connectivity index (χ2v) is 4.96. The summed E-state index contributed by atoms with van der Waals surface area (Å²) >= 11 is 5.99. The topological polar surface area (TPSA) is 72.2 Å². The Balaban J connectivity index is 1.65. The van der Waals surface area contributed by atoms with E-state index in [9.17, 15) is 4.79 Å². The lowest BCUT2D eigenvalue weighted by atomic mass is 10.2. The van der Waals surface area contributed by atoms with E-state index in [1.165, 1.54) is 10.9 Å². The fourth-order valence-corrected chi connectivity index (χ4v) is 2.14. The summed E-state index contributed by atoms with van der Waals surface area (Å²) in [7, 11) is 0. The summed E-state index contributed by atoms with van der Waals surface area (Å²) < 4.78 is 1.52. The number of hydrogen-bond donors (Lipinski definition) is 1. The average molecular weight is 314 g/mol. The Kier molecular flexibility index (Phi) is 4.11. The summed E-state index contributed by atoms with van der Waals surface area (Å²) in [5.74, 6) is -0.293. The molecule has 2 aromatic carbocycles. The smallest absolute Gasteiger partial charge is 0.261 e. The molecule has 0 saturated carbocycles. The molecule has 3 rings (SSSR count). The molecule has 1 N–H and O–H groups in total. The van der Waals surface area contributed by atoms with Crippen molar-refractivity contribution in [2.45, 2.75) is 6.54 Å². The molecular formula is C15H12ClN5O. The fraction of sp³-hybridized carbons (Fsp3) is 0.0667. The van der Waals surface area contributed by atoms with Crippen LogP contribution in [0.3, 0.4) is 0 Å². The minimum atomic E-state index is -0.293. The van der Waals surface area contributed by atoms with Crippen molar-refractivity contribution in [1.82, 2.24) is 20.4 Å². The van der Waals surface area contributed by atoms with Gasteiger partial charge in [0, 0.05) is 10.6 Å². The van der Waals surface area contributed by atoms with Crippen molar-refractivity contribution in [2.75, 3.05) is 0 Å². The van der Waals surface area contributed by atoms with Crippen molar-refractivity contribution in [1.29, 1.82) is 0 Å². The van der Waals surface area contributed by atoms with Crippen LogP contribution in [0.2, 0.25) is 5.02 Å². The number of nitrogens with one attached hydrogen (secondary N) is 1. The van der Waals surface area contributed by atoms with Crippen molar-refractivity contribution in [3.05, 3.63) is 59.1 Å². The van der Waals surface area contributed by atoms with Crippen molar-refractivity contribution in [3.63, 3.8) is 0 Å². The number of aromatic nitrogens is 3. The second-order valence-electron chi connectivity index (χ2n) is 4.55. The van der Waals surface area contributed by atoms with Crippen LogP contribution in [0.15, 0.2) is 53.6 Å². The van der Waals surface area contributed by atoms with Crippen LogP contribution in [0.1, 0.15) is 5.56 Å². The molecule has 0 saturated heterocycles. The Morgan fingerprint density at radius 2 is 2.00 bits per heavy atom. The molecule has 7 heteroatoms. The van der Waals surface area contributed by atoms with Crippen LogP contribution in [0.25, 0.3) is 11.0 Å². The largest absolute Gasteiger partial charge is 0.271 e. The van der Waals surface area contributed by atoms with Gasteiger partial charge in [-0.1, -0.05) is 47.1 Å². The van der Waals surface area contributed by atoms with Gasteiger partial charge in [0.25, 0.3) is 5.91 Å². The maximum absolute atomic E-state index is 11.9. The monoisotopic (exact) mass is 313 g/mol. The van der Waals surface area contributed by atoms with E-state index in [0.717, 1.165) is 16.6 Å². The molecule has 0 aliphatic rings. The van der Waals surface area contributed by atoms with Crippen molar-refractivity contribution in [2.24, 2.45) is 5.10 Å². The highest BCUT2D eigenvalue weighted by atomic mass is 35.5. The van der Waals surface area contributed by atoms with E-state index < -0.39 is 0 Å². The SMILES string of the molecule is O=C(Cn1nnc2ccccc21)N/N=C\c1ccccc1Cl. The Hall–Kier alpha value is -2.73. The third-order valence-corrected chi connectivity index (χ3v) is 3.36. The van der Waals surface area contributed by atoms with Crippen LogP contribution in [0, 0.1) is 0 Å². The quantitative estimate of drug-likeness (QED) is 0.593. The minimum absolute atomic E-state index is 0.0420. The fourth-order valence-electron chi connectivity index (χ4n) is 1.96. The number of hydrazone groups is 1. The maximum atomic E-state index is 11.9. The summed E-state index contributed by atoms with van der Waals surface area (Å²) in [6.45, 7) is 0.0420. The van der Waals surface area contributed by atoms with Gasteiger partial charge in [0.1, 0.15) is 12.1 Å². The van der Waals surface area contributed by atoms with Crippen LogP contribution in [-0.2, 0) is 11.3 Å². The van der Waals surface area contributed by atoms with Crippen molar-refractivity contribution < 1.29 is 4.79 Å². The van der Waals surface area contributed by atoms with Gasteiger partial charge in [-0.2, -0.15) is 5.10 Å². The number of hydrogen-bond acceptors (Lipinski definition) is 4. The molecule has 6 nitrogen and oxygen atoms in total. The van der Waals surface area contributed by atoms with E-state index in [0.29, 0.717) is 5.02 Å². The normalized spacial score (nSPS) is 11.1. The molecule has 0 bridgehead atoms. The number of amides is 1. The second kappa shape index (κ2) is 6.36. The maximum Gasteiger partial charge on any atom is 0.261 e. The molecule has 0 aliphatic heterocycles. The molecule has 0 fully saturated rings. The first-order valence-corrected chi connectivity index (χ1v) is 6.96. The van der Waals surface area contributed by atoms with E-state index in [4.69, 9.17) is 11.6 Å². The number of fused-ring (bicyclic) bond motifs is 1. The van der Waals surface area contributed by atoms with E-state index >= 15 is 0 Å². The molecule has 0 aliphatic carbocycles. The molecule has 110 valence electrons. The van der Waals surface area contributed by atoms with Crippen molar-refractivity contribution in [3.8, 4) is 0 Å². The Labute approximate surface area is 131 Å². The van der Waals surface area contributed by atoms with Crippen LogP contribution in [0.4, 0.5) is 0 Å². The summed E-state index contributed by atoms with van der Waals surface area (Å²) in [5.41, 5.74) is 4.72. The Bertz CT molecular complexity index is 843. The van der Waals surface area contributed by atoms with E-state index in [2.05, 4.69) is 20.8 Å². The summed E-state index contributed by atoms with van der Waals surface area (Å²) in [4.78, 5) is 11.9. The molecule has 0 spiro atoms. The average Bonchev–Trinajstić information content (AvgIpc) is 2.92. The number of nitrogens with zero attached hydrogens (tertiary/aromatic N) is 4. The van der Waals surface area contributed by atoms with E-state index in [1.807, 2.05) is 42.5 Å². The molecule has 22 heavy (non-hydrogen) atoms. The lowest BCUT2D eigenvalue weighted by Crippen LogP contribution is -2.23. The summed E-state index contributed by atoms with van der Waals surface area (Å²) in [6.07, 6.45) is 1.50. The zero-order valence-corrected chi connectivity index (χ0v) is 12.2. The number of rotatable bonds is 4. The summed E-state index contributed by atoms with van der Waals surface area (Å²) in [5, 5.41) is 12.4. The molecule has 1 amide bonds. The predicted octanol–water partition coefficient (Wildman–Crippen LogP) is 2.24. The molecule has 1 aromatic heterocycles. The number of carbonyl (C=O) groups is 1. The molecule has 1 heterocycles. The van der Waals surface area contributed by atoms with E-state index in [-0.39, 0.29) is 12.5 Å². The molecular weight excluding hydrogens is 302 g/mol. The molecule has 0 unspecified atom stereocenters. The van der Waals surface area contributed by atoms with Crippen molar-refractivity contribution >= 4 is 34.8 Å². The first-order chi connectivity index (χ1) is 10.7. The van der Waals surface area contributed by atoms with Crippen LogP contribution in [-0.4, -0.2) is 27.1 Å². The number of halogens is 1. The first-order valence-electron chi connectivity index (χ1n) is 6.59. The number of carbonyl (C=O) groups excluding carboxylic acids is 1. The minimum Gasteiger partial charge on any atom is -0.271 e. The molecule has 0 atom stereocenters. The van der Waals surface area contributed by atoms with Gasteiger partial charge in [-0.15, -0.1) is 5.10 Å². The van der Waals surface area contributed by atoms with Gasteiger partial charge in [0.15, 0.2) is 0 Å². The lowest BCUT2D eigenvalue weighted by Gasteiger charge is -2.01. The Morgan fingerprint density at radius 3 is 2.86 bits per heavy atom. The zero-order chi connectivity index (χ0) is 15.4. The van der Waals surface area contributed by atoms with Crippen LogP contribution in [0.5, 0.6) is 0 Å². The van der Waals surface area contributed by atoms with Gasteiger partial charge in [-0.25, -0.2) is 10.1 Å². The van der Waals surface area contributed by atoms with Gasteiger partial charge in [-0.05, 0) is 18.2 Å².